The third kappa shape index (κ3) is 3.00. The van der Waals surface area contributed by atoms with Crippen LogP contribution >= 0.6 is 0 Å². The highest BCUT2D eigenvalue weighted by Crippen LogP contribution is 2.19. The second kappa shape index (κ2) is 5.95. The number of hydrogen-bond donors (Lipinski definition) is 2. The lowest BCUT2D eigenvalue weighted by Gasteiger charge is -2.17. The van der Waals surface area contributed by atoms with E-state index in [0.29, 0.717) is 12.0 Å². The van der Waals surface area contributed by atoms with Gasteiger partial charge in [-0.1, -0.05) is 12.1 Å². The third-order valence-corrected chi connectivity index (χ3v) is 3.33. The van der Waals surface area contributed by atoms with Crippen LogP contribution < -0.4 is 11.3 Å². The Bertz CT molecular complexity index is 550. The van der Waals surface area contributed by atoms with Gasteiger partial charge in [0.05, 0.1) is 6.04 Å². The van der Waals surface area contributed by atoms with Gasteiger partial charge in [-0.2, -0.15) is 0 Å². The van der Waals surface area contributed by atoms with E-state index in [1.54, 1.807) is 19.2 Å². The van der Waals surface area contributed by atoms with Gasteiger partial charge in [-0.05, 0) is 31.0 Å². The van der Waals surface area contributed by atoms with E-state index in [9.17, 15) is 4.39 Å². The van der Waals surface area contributed by atoms with E-state index in [1.165, 1.54) is 6.07 Å². The molecule has 3 N–H and O–H groups in total. The van der Waals surface area contributed by atoms with Crippen molar-refractivity contribution in [2.45, 2.75) is 32.9 Å². The van der Waals surface area contributed by atoms with E-state index < -0.39 is 0 Å². The molecule has 0 aliphatic heterocycles. The SMILES string of the molecule is CCn1ccnc1CC(NN)c1ccc(C)c(F)c1. The Morgan fingerprint density at radius 3 is 2.89 bits per heavy atom. The van der Waals surface area contributed by atoms with Crippen LogP contribution in [0.2, 0.25) is 0 Å². The van der Waals surface area contributed by atoms with Gasteiger partial charge in [0, 0.05) is 25.4 Å². The second-order valence-corrected chi connectivity index (χ2v) is 4.56. The second-order valence-electron chi connectivity index (χ2n) is 4.56. The summed E-state index contributed by atoms with van der Waals surface area (Å²) < 4.78 is 15.7. The van der Waals surface area contributed by atoms with E-state index in [4.69, 9.17) is 5.84 Å². The van der Waals surface area contributed by atoms with Gasteiger partial charge >= 0.3 is 0 Å². The van der Waals surface area contributed by atoms with Crippen molar-refractivity contribution in [3.8, 4) is 0 Å². The molecule has 2 rings (SSSR count). The van der Waals surface area contributed by atoms with E-state index in [-0.39, 0.29) is 11.9 Å². The van der Waals surface area contributed by atoms with Crippen LogP contribution in [0.4, 0.5) is 4.39 Å². The molecule has 0 saturated carbocycles. The van der Waals surface area contributed by atoms with Crippen molar-refractivity contribution in [3.05, 3.63) is 53.4 Å². The van der Waals surface area contributed by atoms with Gasteiger partial charge in [-0.3, -0.25) is 11.3 Å². The van der Waals surface area contributed by atoms with Crippen LogP contribution in [0, 0.1) is 12.7 Å². The zero-order valence-corrected chi connectivity index (χ0v) is 11.2. The van der Waals surface area contributed by atoms with Gasteiger partial charge in [0.25, 0.3) is 0 Å². The molecule has 0 spiro atoms. The highest BCUT2D eigenvalue weighted by atomic mass is 19.1. The first-order valence-corrected chi connectivity index (χ1v) is 6.38. The summed E-state index contributed by atoms with van der Waals surface area (Å²) >= 11 is 0. The van der Waals surface area contributed by atoms with Crippen molar-refractivity contribution in [1.82, 2.24) is 15.0 Å². The summed E-state index contributed by atoms with van der Waals surface area (Å²) in [5, 5.41) is 0. The Morgan fingerprint density at radius 2 is 2.26 bits per heavy atom. The molecule has 4 nitrogen and oxygen atoms in total. The summed E-state index contributed by atoms with van der Waals surface area (Å²) in [5.74, 6) is 6.32. The standard InChI is InChI=1S/C14H19FN4/c1-3-19-7-6-17-14(19)9-13(18-16)11-5-4-10(2)12(15)8-11/h4-8,13,18H,3,9,16H2,1-2H3. The van der Waals surface area contributed by atoms with Crippen LogP contribution in [0.15, 0.2) is 30.6 Å². The molecule has 0 aliphatic rings. The summed E-state index contributed by atoms with van der Waals surface area (Å²) in [6, 6.07) is 5.03. The van der Waals surface area contributed by atoms with Gasteiger partial charge in [-0.15, -0.1) is 0 Å². The highest BCUT2D eigenvalue weighted by Gasteiger charge is 2.14. The molecule has 0 bridgehead atoms. The van der Waals surface area contributed by atoms with Crippen molar-refractivity contribution in [2.24, 2.45) is 5.84 Å². The molecule has 0 saturated heterocycles. The number of halogens is 1. The van der Waals surface area contributed by atoms with E-state index >= 15 is 0 Å². The zero-order chi connectivity index (χ0) is 13.8. The molecule has 5 heteroatoms. The van der Waals surface area contributed by atoms with Gasteiger partial charge in [0.1, 0.15) is 11.6 Å². The molecule has 1 atom stereocenters. The number of aromatic nitrogens is 2. The highest BCUT2D eigenvalue weighted by molar-refractivity contribution is 5.26. The van der Waals surface area contributed by atoms with Gasteiger partial charge < -0.3 is 4.57 Å². The summed E-state index contributed by atoms with van der Waals surface area (Å²) in [7, 11) is 0. The number of aryl methyl sites for hydroxylation is 2. The first-order valence-electron chi connectivity index (χ1n) is 6.38. The van der Waals surface area contributed by atoms with E-state index in [1.807, 2.05) is 12.3 Å². The topological polar surface area (TPSA) is 55.9 Å². The molecule has 0 amide bonds. The number of nitrogens with one attached hydrogen (secondary N) is 1. The molecule has 1 heterocycles. The number of nitrogens with zero attached hydrogens (tertiary/aromatic N) is 2. The van der Waals surface area contributed by atoms with Crippen LogP contribution in [0.25, 0.3) is 0 Å². The first kappa shape index (κ1) is 13.7. The molecule has 1 aromatic carbocycles. The minimum Gasteiger partial charge on any atom is -0.335 e. The quantitative estimate of drug-likeness (QED) is 0.641. The lowest BCUT2D eigenvalue weighted by atomic mass is 10.0. The molecule has 1 unspecified atom stereocenters. The van der Waals surface area contributed by atoms with Crippen LogP contribution in [0.3, 0.4) is 0 Å². The Morgan fingerprint density at radius 1 is 1.47 bits per heavy atom. The lowest BCUT2D eigenvalue weighted by Crippen LogP contribution is -2.30. The fraction of sp³-hybridized carbons (Fsp3) is 0.357. The van der Waals surface area contributed by atoms with Gasteiger partial charge in [-0.25, -0.2) is 9.37 Å². The van der Waals surface area contributed by atoms with Crippen LogP contribution in [-0.2, 0) is 13.0 Å². The number of hydrazine groups is 1. The minimum atomic E-state index is -0.211. The predicted molar refractivity (Wildman–Crippen MR) is 72.8 cm³/mol. The Kier molecular flexibility index (Phi) is 4.29. The molecule has 2 aromatic rings. The van der Waals surface area contributed by atoms with E-state index in [0.717, 1.165) is 17.9 Å². The number of hydrogen-bond acceptors (Lipinski definition) is 3. The van der Waals surface area contributed by atoms with Crippen molar-refractivity contribution < 1.29 is 4.39 Å². The normalized spacial score (nSPS) is 12.6. The molecule has 102 valence electrons. The Labute approximate surface area is 112 Å². The molecule has 19 heavy (non-hydrogen) atoms. The molecule has 0 radical (unpaired) electrons. The predicted octanol–water partition coefficient (Wildman–Crippen LogP) is 2.10. The fourth-order valence-electron chi connectivity index (χ4n) is 2.10. The molecule has 0 aliphatic carbocycles. The van der Waals surface area contributed by atoms with Crippen molar-refractivity contribution in [1.29, 1.82) is 0 Å². The van der Waals surface area contributed by atoms with Crippen molar-refractivity contribution in [3.63, 3.8) is 0 Å². The largest absolute Gasteiger partial charge is 0.335 e. The van der Waals surface area contributed by atoms with Gasteiger partial charge in [0.15, 0.2) is 0 Å². The van der Waals surface area contributed by atoms with Gasteiger partial charge in [0.2, 0.25) is 0 Å². The molecular weight excluding hydrogens is 243 g/mol. The third-order valence-electron chi connectivity index (χ3n) is 3.33. The smallest absolute Gasteiger partial charge is 0.126 e. The summed E-state index contributed by atoms with van der Waals surface area (Å²) in [5.41, 5.74) is 4.20. The average Bonchev–Trinajstić information content (AvgIpc) is 2.86. The Hall–Kier alpha value is -1.72. The minimum absolute atomic E-state index is 0.150. The maximum atomic E-state index is 13.6. The number of rotatable bonds is 5. The fourth-order valence-corrected chi connectivity index (χ4v) is 2.10. The first-order chi connectivity index (χ1) is 9.15. The average molecular weight is 262 g/mol. The van der Waals surface area contributed by atoms with Crippen LogP contribution in [0.1, 0.15) is 29.9 Å². The van der Waals surface area contributed by atoms with E-state index in [2.05, 4.69) is 21.9 Å². The van der Waals surface area contributed by atoms with Crippen molar-refractivity contribution >= 4 is 0 Å². The summed E-state index contributed by atoms with van der Waals surface area (Å²) in [6.07, 6.45) is 4.32. The van der Waals surface area contributed by atoms with Crippen molar-refractivity contribution in [2.75, 3.05) is 0 Å². The summed E-state index contributed by atoms with van der Waals surface area (Å²) in [4.78, 5) is 4.31. The number of nitrogens with two attached hydrogens (primary N) is 1. The molecular formula is C14H19FN4. The number of benzene rings is 1. The van der Waals surface area contributed by atoms with Crippen LogP contribution in [-0.4, -0.2) is 9.55 Å². The maximum Gasteiger partial charge on any atom is 0.126 e. The Balaban J connectivity index is 2.22. The zero-order valence-electron chi connectivity index (χ0n) is 11.2. The van der Waals surface area contributed by atoms with Crippen LogP contribution in [0.5, 0.6) is 0 Å². The lowest BCUT2D eigenvalue weighted by molar-refractivity contribution is 0.518. The maximum absolute atomic E-state index is 13.6. The number of imidazole rings is 1. The monoisotopic (exact) mass is 262 g/mol. The summed E-state index contributed by atoms with van der Waals surface area (Å²) in [6.45, 7) is 4.66. The molecule has 1 aromatic heterocycles. The molecule has 0 fully saturated rings.